The molecule has 0 saturated carbocycles. The van der Waals surface area contributed by atoms with Gasteiger partial charge in [0.2, 0.25) is 5.91 Å². The first-order valence-corrected chi connectivity index (χ1v) is 10.8. The molecular weight excluding hydrogens is 417 g/mol. The van der Waals surface area contributed by atoms with Crippen LogP contribution < -0.4 is 10.1 Å². The van der Waals surface area contributed by atoms with Gasteiger partial charge >= 0.3 is 7.12 Å². The largest absolute Gasteiger partial charge is 0.497 e. The molecule has 7 heteroatoms. The number of nitrogens with one attached hydrogen (secondary N) is 1. The number of fused-ring (bicyclic) bond motifs is 1. The van der Waals surface area contributed by atoms with Crippen LogP contribution in [-0.2, 0) is 17.6 Å². The Kier molecular flexibility index (Phi) is 7.12. The zero-order valence-corrected chi connectivity index (χ0v) is 18.3. The normalized spacial score (nSPS) is 12.8. The second-order valence-corrected chi connectivity index (χ2v) is 8.01. The van der Waals surface area contributed by atoms with Crippen LogP contribution in [0.2, 0.25) is 0 Å². The van der Waals surface area contributed by atoms with Gasteiger partial charge in [-0.1, -0.05) is 60.7 Å². The fraction of sp³-hybridized carbons (Fsp3) is 0.192. The molecule has 1 aromatic heterocycles. The maximum absolute atomic E-state index is 13.4. The van der Waals surface area contributed by atoms with Gasteiger partial charge in [-0.05, 0) is 47.7 Å². The van der Waals surface area contributed by atoms with Crippen LogP contribution in [0.15, 0.2) is 89.5 Å². The van der Waals surface area contributed by atoms with Crippen LogP contribution in [-0.4, -0.2) is 36.1 Å². The Balaban J connectivity index is 1.55. The van der Waals surface area contributed by atoms with E-state index in [4.69, 9.17) is 9.15 Å². The predicted molar refractivity (Wildman–Crippen MR) is 128 cm³/mol. The third kappa shape index (κ3) is 5.45. The summed E-state index contributed by atoms with van der Waals surface area (Å²) in [5.41, 5.74) is 3.34. The molecule has 0 fully saturated rings. The van der Waals surface area contributed by atoms with Crippen molar-refractivity contribution in [3.63, 3.8) is 0 Å². The van der Waals surface area contributed by atoms with Gasteiger partial charge in [-0.3, -0.25) is 4.79 Å². The van der Waals surface area contributed by atoms with Crippen LogP contribution in [0.1, 0.15) is 22.6 Å². The molecule has 1 unspecified atom stereocenters. The summed E-state index contributed by atoms with van der Waals surface area (Å²) in [7, 11) is -0.112. The van der Waals surface area contributed by atoms with Crippen molar-refractivity contribution < 1.29 is 24.0 Å². The van der Waals surface area contributed by atoms with E-state index in [0.717, 1.165) is 27.8 Å². The number of carbonyl (C=O) groups is 1. The lowest BCUT2D eigenvalue weighted by Gasteiger charge is -2.23. The zero-order valence-electron chi connectivity index (χ0n) is 18.3. The second kappa shape index (κ2) is 10.4. The molecule has 4 rings (SSSR count). The smallest absolute Gasteiger partial charge is 0.475 e. The average Bonchev–Trinajstić information content (AvgIpc) is 3.25. The van der Waals surface area contributed by atoms with Crippen molar-refractivity contribution >= 4 is 24.0 Å². The second-order valence-electron chi connectivity index (χ2n) is 8.01. The summed E-state index contributed by atoms with van der Waals surface area (Å²) in [6.07, 6.45) is 2.28. The van der Waals surface area contributed by atoms with Crippen molar-refractivity contribution in [2.45, 2.75) is 24.7 Å². The van der Waals surface area contributed by atoms with Crippen LogP contribution in [0.5, 0.6) is 5.75 Å². The Labute approximate surface area is 193 Å². The number of hydrogen-bond acceptors (Lipinski definition) is 5. The minimum Gasteiger partial charge on any atom is -0.497 e. The number of amides is 1. The van der Waals surface area contributed by atoms with E-state index in [0.29, 0.717) is 12.0 Å². The van der Waals surface area contributed by atoms with E-state index >= 15 is 0 Å². The van der Waals surface area contributed by atoms with Crippen LogP contribution in [0.3, 0.4) is 0 Å². The monoisotopic (exact) mass is 443 g/mol. The topological polar surface area (TPSA) is 91.9 Å². The summed E-state index contributed by atoms with van der Waals surface area (Å²) >= 11 is 0. The third-order valence-corrected chi connectivity index (χ3v) is 5.81. The number of hydrogen-bond donors (Lipinski definition) is 3. The van der Waals surface area contributed by atoms with Gasteiger partial charge in [0.25, 0.3) is 0 Å². The molecule has 0 aliphatic heterocycles. The first-order valence-electron chi connectivity index (χ1n) is 10.8. The zero-order chi connectivity index (χ0) is 23.2. The maximum Gasteiger partial charge on any atom is 0.475 e. The number of benzene rings is 3. The van der Waals surface area contributed by atoms with E-state index in [9.17, 15) is 14.8 Å². The quantitative estimate of drug-likeness (QED) is 0.345. The van der Waals surface area contributed by atoms with Crippen molar-refractivity contribution in [2.75, 3.05) is 7.11 Å². The SMILES string of the molecule is COc1ccc(CC(C(=O)N[C@@H](Cc2coc3ccccc23)B(O)O)c2ccccc2)cc1. The molecule has 168 valence electrons. The molecule has 6 nitrogen and oxygen atoms in total. The molecule has 0 aliphatic rings. The summed E-state index contributed by atoms with van der Waals surface area (Å²) in [4.78, 5) is 13.4. The Bertz CT molecular complexity index is 1190. The molecule has 1 heterocycles. The lowest BCUT2D eigenvalue weighted by Crippen LogP contribution is -2.49. The van der Waals surface area contributed by atoms with E-state index in [1.54, 1.807) is 13.4 Å². The van der Waals surface area contributed by atoms with E-state index in [2.05, 4.69) is 5.32 Å². The van der Waals surface area contributed by atoms with Gasteiger partial charge in [-0.2, -0.15) is 0 Å². The molecule has 3 aromatic carbocycles. The highest BCUT2D eigenvalue weighted by Crippen LogP contribution is 2.25. The first-order chi connectivity index (χ1) is 16.0. The lowest BCUT2D eigenvalue weighted by atomic mass is 9.75. The molecule has 0 radical (unpaired) electrons. The highest BCUT2D eigenvalue weighted by molar-refractivity contribution is 6.43. The summed E-state index contributed by atoms with van der Waals surface area (Å²) < 4.78 is 10.8. The summed E-state index contributed by atoms with van der Waals surface area (Å²) in [6.45, 7) is 0. The standard InChI is InChI=1S/C26H26BNO5/c1-32-21-13-11-18(12-14-21)15-23(19-7-3-2-4-8-19)26(29)28-25(27(30)31)16-20-17-33-24-10-6-5-9-22(20)24/h2-14,17,23,25,30-31H,15-16H2,1H3,(H,28,29)/t23?,25-/m0/s1. The van der Waals surface area contributed by atoms with Crippen molar-refractivity contribution in [1.82, 2.24) is 5.32 Å². The van der Waals surface area contributed by atoms with E-state index in [1.165, 1.54) is 0 Å². The van der Waals surface area contributed by atoms with E-state index < -0.39 is 19.0 Å². The lowest BCUT2D eigenvalue weighted by molar-refractivity contribution is -0.123. The number of ether oxygens (including phenoxy) is 1. The minimum absolute atomic E-state index is 0.227. The van der Waals surface area contributed by atoms with Gasteiger partial charge in [0.05, 0.1) is 25.2 Å². The van der Waals surface area contributed by atoms with E-state index in [-0.39, 0.29) is 12.3 Å². The number of para-hydroxylation sites is 1. The van der Waals surface area contributed by atoms with Crippen LogP contribution in [0, 0.1) is 0 Å². The van der Waals surface area contributed by atoms with Gasteiger partial charge in [-0.15, -0.1) is 0 Å². The van der Waals surface area contributed by atoms with Crippen molar-refractivity contribution in [3.05, 3.63) is 102 Å². The molecule has 2 atom stereocenters. The molecule has 0 saturated heterocycles. The van der Waals surface area contributed by atoms with Gasteiger partial charge in [-0.25, -0.2) is 0 Å². The van der Waals surface area contributed by atoms with Gasteiger partial charge in [0, 0.05) is 5.39 Å². The Morgan fingerprint density at radius 3 is 2.36 bits per heavy atom. The molecule has 4 aromatic rings. The van der Waals surface area contributed by atoms with Crippen LogP contribution >= 0.6 is 0 Å². The van der Waals surface area contributed by atoms with Crippen LogP contribution in [0.4, 0.5) is 0 Å². The van der Waals surface area contributed by atoms with Gasteiger partial charge in [0.15, 0.2) is 0 Å². The molecule has 3 N–H and O–H groups in total. The summed E-state index contributed by atoms with van der Waals surface area (Å²) in [5.74, 6) is -0.916. The Morgan fingerprint density at radius 2 is 1.67 bits per heavy atom. The number of carbonyl (C=O) groups excluding carboxylic acids is 1. The number of rotatable bonds is 9. The third-order valence-electron chi connectivity index (χ3n) is 5.81. The molecule has 0 bridgehead atoms. The summed E-state index contributed by atoms with van der Waals surface area (Å²) in [6, 6.07) is 24.6. The van der Waals surface area contributed by atoms with Crippen molar-refractivity contribution in [2.24, 2.45) is 0 Å². The Hall–Kier alpha value is -3.55. The highest BCUT2D eigenvalue weighted by Gasteiger charge is 2.30. The van der Waals surface area contributed by atoms with Gasteiger partial charge in [0.1, 0.15) is 11.3 Å². The first kappa shape index (κ1) is 22.6. The average molecular weight is 443 g/mol. The number of methoxy groups -OCH3 is 1. The molecular formula is C26H26BNO5. The Morgan fingerprint density at radius 1 is 0.970 bits per heavy atom. The van der Waals surface area contributed by atoms with E-state index in [1.807, 2.05) is 78.9 Å². The molecule has 1 amide bonds. The molecule has 0 aliphatic carbocycles. The highest BCUT2D eigenvalue weighted by atomic mass is 16.5. The molecule has 0 spiro atoms. The predicted octanol–water partition coefficient (Wildman–Crippen LogP) is 3.51. The van der Waals surface area contributed by atoms with Crippen LogP contribution in [0.25, 0.3) is 11.0 Å². The number of furan rings is 1. The maximum atomic E-state index is 13.4. The fourth-order valence-corrected chi connectivity index (χ4v) is 3.99. The minimum atomic E-state index is -1.72. The van der Waals surface area contributed by atoms with Crippen molar-refractivity contribution in [3.8, 4) is 5.75 Å². The van der Waals surface area contributed by atoms with Crippen molar-refractivity contribution in [1.29, 1.82) is 0 Å². The molecule has 33 heavy (non-hydrogen) atoms. The fourth-order valence-electron chi connectivity index (χ4n) is 3.99. The summed E-state index contributed by atoms with van der Waals surface area (Å²) in [5, 5.41) is 23.8. The van der Waals surface area contributed by atoms with Gasteiger partial charge < -0.3 is 24.5 Å².